The molecule has 0 unspecified atom stereocenters. The van der Waals surface area contributed by atoms with Crippen LogP contribution in [0.3, 0.4) is 0 Å². The molecule has 1 N–H and O–H groups in total. The van der Waals surface area contributed by atoms with Crippen LogP contribution in [-0.4, -0.2) is 23.3 Å². The van der Waals surface area contributed by atoms with Gasteiger partial charge >= 0.3 is 0 Å². The monoisotopic (exact) mass is 326 g/mol. The number of fused-ring (bicyclic) bond motifs is 5. The Labute approximate surface area is 143 Å². The first-order chi connectivity index (χ1) is 11.4. The van der Waals surface area contributed by atoms with Gasteiger partial charge in [-0.1, -0.05) is 37.1 Å². The van der Waals surface area contributed by atoms with Gasteiger partial charge in [0.2, 0.25) is 0 Å². The maximum Gasteiger partial charge on any atom is 0.178 e. The maximum atomic E-state index is 13.2. The highest BCUT2D eigenvalue weighted by atomic mass is 16.2. The normalized spacial score (nSPS) is 45.7. The van der Waals surface area contributed by atoms with Crippen molar-refractivity contribution in [3.05, 3.63) is 35.5 Å². The summed E-state index contributed by atoms with van der Waals surface area (Å²) in [4.78, 5) is 25.0. The van der Waals surface area contributed by atoms with Crippen LogP contribution in [-0.2, 0) is 9.59 Å². The molecular weight excluding hydrogens is 300 g/mol. The molecule has 0 heterocycles. The molecule has 24 heavy (non-hydrogen) atoms. The lowest BCUT2D eigenvalue weighted by molar-refractivity contribution is -0.139. The number of carbonyl (C=O) groups is 2. The number of rotatable bonds is 1. The number of ketones is 2. The highest BCUT2D eigenvalue weighted by Gasteiger charge is 2.60. The molecule has 0 amide bonds. The Hall–Kier alpha value is -1.48. The second-order valence-corrected chi connectivity index (χ2v) is 8.49. The predicted molar refractivity (Wildman–Crippen MR) is 92.2 cm³/mol. The summed E-state index contributed by atoms with van der Waals surface area (Å²) in [5, 5.41) is 9.34. The molecule has 128 valence electrons. The van der Waals surface area contributed by atoms with Crippen LogP contribution in [0.15, 0.2) is 35.5 Å². The molecule has 0 bridgehead atoms. The van der Waals surface area contributed by atoms with Crippen LogP contribution in [0.2, 0.25) is 0 Å². The van der Waals surface area contributed by atoms with Crippen molar-refractivity contribution in [1.29, 1.82) is 0 Å². The first-order valence-corrected chi connectivity index (χ1v) is 9.17. The van der Waals surface area contributed by atoms with Gasteiger partial charge in [0.1, 0.15) is 5.78 Å². The third kappa shape index (κ3) is 2.00. The molecule has 5 atom stereocenters. The fourth-order valence-corrected chi connectivity index (χ4v) is 6.32. The van der Waals surface area contributed by atoms with Gasteiger partial charge in [0.05, 0.1) is 6.61 Å². The largest absolute Gasteiger partial charge is 0.392 e. The van der Waals surface area contributed by atoms with Crippen molar-refractivity contribution < 1.29 is 14.7 Å². The van der Waals surface area contributed by atoms with E-state index in [4.69, 9.17) is 0 Å². The third-order valence-electron chi connectivity index (χ3n) is 7.44. The molecule has 3 heteroatoms. The van der Waals surface area contributed by atoms with Gasteiger partial charge in [0, 0.05) is 17.8 Å². The van der Waals surface area contributed by atoms with E-state index in [9.17, 15) is 14.7 Å². The smallest absolute Gasteiger partial charge is 0.178 e. The quantitative estimate of drug-likeness (QED) is 0.752. The number of aliphatic hydroxyl groups is 1. The molecule has 3 nitrogen and oxygen atoms in total. The average molecular weight is 326 g/mol. The van der Waals surface area contributed by atoms with E-state index < -0.39 is 0 Å². The lowest BCUT2D eigenvalue weighted by atomic mass is 9.48. The zero-order valence-electron chi connectivity index (χ0n) is 14.5. The number of aliphatic hydroxyl groups excluding tert-OH is 1. The molecule has 0 aromatic heterocycles. The Morgan fingerprint density at radius 1 is 1.25 bits per heavy atom. The minimum Gasteiger partial charge on any atom is -0.392 e. The summed E-state index contributed by atoms with van der Waals surface area (Å²) in [7, 11) is 0. The topological polar surface area (TPSA) is 54.4 Å². The van der Waals surface area contributed by atoms with Crippen molar-refractivity contribution in [3.8, 4) is 0 Å². The molecule has 4 aliphatic rings. The van der Waals surface area contributed by atoms with E-state index in [2.05, 4.69) is 13.8 Å². The summed E-state index contributed by atoms with van der Waals surface area (Å²) >= 11 is 0. The number of hydrogen-bond donors (Lipinski definition) is 1. The summed E-state index contributed by atoms with van der Waals surface area (Å²) in [6.07, 6.45) is 12.0. The van der Waals surface area contributed by atoms with Crippen LogP contribution in [0.25, 0.3) is 0 Å². The van der Waals surface area contributed by atoms with Crippen molar-refractivity contribution in [2.24, 2.45) is 28.6 Å². The molecule has 0 aliphatic heterocycles. The van der Waals surface area contributed by atoms with Crippen molar-refractivity contribution in [2.45, 2.75) is 46.0 Å². The zero-order chi connectivity index (χ0) is 17.1. The van der Waals surface area contributed by atoms with E-state index in [0.29, 0.717) is 24.0 Å². The van der Waals surface area contributed by atoms with Gasteiger partial charge in [-0.15, -0.1) is 0 Å². The van der Waals surface area contributed by atoms with Crippen molar-refractivity contribution >= 4 is 11.6 Å². The van der Waals surface area contributed by atoms with E-state index in [0.717, 1.165) is 31.3 Å². The van der Waals surface area contributed by atoms with E-state index in [1.807, 2.05) is 12.2 Å². The lowest BCUT2D eigenvalue weighted by Crippen LogP contribution is -2.53. The maximum absolute atomic E-state index is 13.2. The van der Waals surface area contributed by atoms with E-state index in [1.54, 1.807) is 12.2 Å². The second-order valence-electron chi connectivity index (χ2n) is 8.49. The summed E-state index contributed by atoms with van der Waals surface area (Å²) in [5.41, 5.74) is 2.07. The van der Waals surface area contributed by atoms with Gasteiger partial charge in [-0.25, -0.2) is 0 Å². The van der Waals surface area contributed by atoms with Crippen molar-refractivity contribution in [3.63, 3.8) is 0 Å². The zero-order valence-corrected chi connectivity index (χ0v) is 14.5. The lowest BCUT2D eigenvalue weighted by Gasteiger charge is -2.55. The van der Waals surface area contributed by atoms with Crippen LogP contribution in [0, 0.1) is 28.6 Å². The molecule has 3 saturated carbocycles. The van der Waals surface area contributed by atoms with Gasteiger partial charge in [-0.3, -0.25) is 9.59 Å². The molecule has 0 saturated heterocycles. The minimum absolute atomic E-state index is 0.00778. The Morgan fingerprint density at radius 2 is 2.04 bits per heavy atom. The third-order valence-corrected chi connectivity index (χ3v) is 7.44. The predicted octanol–water partition coefficient (Wildman–Crippen LogP) is 3.39. The Balaban J connectivity index is 1.75. The molecule has 0 spiro atoms. The van der Waals surface area contributed by atoms with Gasteiger partial charge < -0.3 is 5.11 Å². The first kappa shape index (κ1) is 16.0. The molecule has 0 aromatic rings. The SMILES string of the molecule is C[C@]12C=CC(=O)C=C1CC[C@@H]1[C@@H]2C(=O)C[C@]2(C)C(=CCO)CC[C@@H]12. The highest BCUT2D eigenvalue weighted by Crippen LogP contribution is 2.64. The van der Waals surface area contributed by atoms with Gasteiger partial charge in [0.15, 0.2) is 5.78 Å². The number of hydrogen-bond acceptors (Lipinski definition) is 3. The summed E-state index contributed by atoms with van der Waals surface area (Å²) < 4.78 is 0. The molecule has 3 fully saturated rings. The average Bonchev–Trinajstić information content (AvgIpc) is 2.84. The van der Waals surface area contributed by atoms with Crippen LogP contribution < -0.4 is 0 Å². The molecule has 4 aliphatic carbocycles. The number of Topliss-reactive ketones (excluding diaryl/α,β-unsaturated/α-hetero) is 1. The Morgan fingerprint density at radius 3 is 2.79 bits per heavy atom. The molecule has 0 aromatic carbocycles. The second kappa shape index (κ2) is 5.26. The highest BCUT2D eigenvalue weighted by molar-refractivity contribution is 6.01. The molecular formula is C21H26O3. The van der Waals surface area contributed by atoms with Crippen LogP contribution in [0.4, 0.5) is 0 Å². The van der Waals surface area contributed by atoms with Crippen LogP contribution in [0.1, 0.15) is 46.0 Å². The van der Waals surface area contributed by atoms with Gasteiger partial charge in [-0.05, 0) is 55.1 Å². The van der Waals surface area contributed by atoms with Crippen LogP contribution in [0.5, 0.6) is 0 Å². The fourth-order valence-electron chi connectivity index (χ4n) is 6.32. The molecule has 4 rings (SSSR count). The van der Waals surface area contributed by atoms with E-state index in [1.165, 1.54) is 5.57 Å². The van der Waals surface area contributed by atoms with E-state index in [-0.39, 0.29) is 29.1 Å². The standard InChI is InChI=1S/C21H26O3/c1-20-9-7-15(23)11-14(20)3-5-16-17-6-4-13(8-10-22)21(17,2)12-18(24)19(16)20/h7-9,11,16-17,19,22H,3-6,10,12H2,1-2H3/t16-,17-,19+,20-,21+/m0/s1. The van der Waals surface area contributed by atoms with E-state index >= 15 is 0 Å². The fraction of sp³-hybridized carbons (Fsp3) is 0.619. The number of allylic oxidation sites excluding steroid dienone is 5. The summed E-state index contributed by atoms with van der Waals surface area (Å²) in [6, 6.07) is 0. The van der Waals surface area contributed by atoms with Crippen molar-refractivity contribution in [2.75, 3.05) is 6.61 Å². The minimum atomic E-state index is -0.279. The summed E-state index contributed by atoms with van der Waals surface area (Å²) in [5.74, 6) is 1.32. The van der Waals surface area contributed by atoms with Gasteiger partial charge in [0.25, 0.3) is 0 Å². The molecule has 0 radical (unpaired) electrons. The Kier molecular flexibility index (Phi) is 3.51. The first-order valence-electron chi connectivity index (χ1n) is 9.17. The van der Waals surface area contributed by atoms with Crippen molar-refractivity contribution in [1.82, 2.24) is 0 Å². The number of carbonyl (C=O) groups excluding carboxylic acids is 2. The summed E-state index contributed by atoms with van der Waals surface area (Å²) in [6.45, 7) is 4.45. The Bertz CT molecular complexity index is 698. The van der Waals surface area contributed by atoms with Crippen LogP contribution >= 0.6 is 0 Å². The van der Waals surface area contributed by atoms with Gasteiger partial charge in [-0.2, -0.15) is 0 Å².